The molecule has 0 radical (unpaired) electrons. The second-order valence-electron chi connectivity index (χ2n) is 8.81. The van der Waals surface area contributed by atoms with Gasteiger partial charge < -0.3 is 20.1 Å². The first-order valence-corrected chi connectivity index (χ1v) is 11.6. The third kappa shape index (κ3) is 5.11. The molecule has 0 spiro atoms. The summed E-state index contributed by atoms with van der Waals surface area (Å²) < 4.78 is 16.4. The van der Waals surface area contributed by atoms with Gasteiger partial charge in [-0.15, -0.1) is 0 Å². The molecule has 0 bridgehead atoms. The molecule has 7 nitrogen and oxygen atoms in total. The molecule has 2 N–H and O–H groups in total. The number of nitrogens with zero attached hydrogens (tertiary/aromatic N) is 4. The number of likely N-dealkylation sites (tertiary alicyclic amines) is 1. The number of aryl methyl sites for hydroxylation is 1. The summed E-state index contributed by atoms with van der Waals surface area (Å²) in [5, 5.41) is 6.68. The first kappa shape index (κ1) is 22.3. The van der Waals surface area contributed by atoms with E-state index in [0.29, 0.717) is 30.6 Å². The van der Waals surface area contributed by atoms with Gasteiger partial charge in [0.15, 0.2) is 5.96 Å². The van der Waals surface area contributed by atoms with Crippen molar-refractivity contribution >= 4 is 11.9 Å². The lowest BCUT2D eigenvalue weighted by Crippen LogP contribution is -2.45. The topological polar surface area (TPSA) is 74.6 Å². The Bertz CT molecular complexity index is 965. The Morgan fingerprint density at radius 2 is 2.06 bits per heavy atom. The van der Waals surface area contributed by atoms with E-state index in [1.807, 2.05) is 17.9 Å². The Morgan fingerprint density at radius 1 is 1.25 bits per heavy atom. The average molecular weight is 441 g/mol. The Morgan fingerprint density at radius 3 is 2.75 bits per heavy atom. The summed E-state index contributed by atoms with van der Waals surface area (Å²) in [7, 11) is 1.72. The highest BCUT2D eigenvalue weighted by atomic mass is 19.1. The van der Waals surface area contributed by atoms with Gasteiger partial charge in [-0.3, -0.25) is 9.79 Å². The predicted octanol–water partition coefficient (Wildman–Crippen LogP) is 3.17. The zero-order valence-electron chi connectivity index (χ0n) is 19.0. The number of guanidine groups is 1. The van der Waals surface area contributed by atoms with Crippen LogP contribution in [0.15, 0.2) is 35.6 Å². The molecule has 8 heteroatoms. The van der Waals surface area contributed by atoms with Gasteiger partial charge in [0.25, 0.3) is 0 Å². The SMILES string of the molecule is CN=C(NCc1ccc(-n2ccnc2C)c(F)c1)NC1CCN(C(=O)C2CCCCC2)C1. The highest BCUT2D eigenvalue weighted by Gasteiger charge is 2.31. The van der Waals surface area contributed by atoms with Crippen LogP contribution in [-0.4, -0.2) is 52.5 Å². The fourth-order valence-electron chi connectivity index (χ4n) is 4.75. The number of hydrogen-bond donors (Lipinski definition) is 2. The van der Waals surface area contributed by atoms with Crippen LogP contribution in [0, 0.1) is 18.7 Å². The van der Waals surface area contributed by atoms with Gasteiger partial charge >= 0.3 is 0 Å². The monoisotopic (exact) mass is 440 g/mol. The smallest absolute Gasteiger partial charge is 0.225 e. The van der Waals surface area contributed by atoms with E-state index >= 15 is 0 Å². The van der Waals surface area contributed by atoms with Crippen LogP contribution in [0.5, 0.6) is 0 Å². The zero-order valence-corrected chi connectivity index (χ0v) is 19.0. The number of carbonyl (C=O) groups excluding carboxylic acids is 1. The lowest BCUT2D eigenvalue weighted by atomic mass is 9.88. The molecule has 1 saturated heterocycles. The maximum atomic E-state index is 14.6. The number of nitrogens with one attached hydrogen (secondary N) is 2. The molecule has 2 heterocycles. The lowest BCUT2D eigenvalue weighted by Gasteiger charge is -2.26. The minimum absolute atomic E-state index is 0.178. The van der Waals surface area contributed by atoms with Crippen LogP contribution in [0.1, 0.15) is 49.9 Å². The number of halogens is 1. The molecule has 1 aromatic carbocycles. The number of hydrogen-bond acceptors (Lipinski definition) is 3. The Balaban J connectivity index is 1.28. The Kier molecular flexibility index (Phi) is 7.07. The van der Waals surface area contributed by atoms with Gasteiger partial charge in [-0.2, -0.15) is 0 Å². The minimum Gasteiger partial charge on any atom is -0.352 e. The summed E-state index contributed by atoms with van der Waals surface area (Å²) >= 11 is 0. The molecule has 1 atom stereocenters. The van der Waals surface area contributed by atoms with Gasteiger partial charge in [0.1, 0.15) is 11.6 Å². The number of rotatable bonds is 5. The van der Waals surface area contributed by atoms with E-state index in [4.69, 9.17) is 0 Å². The van der Waals surface area contributed by atoms with E-state index in [1.54, 1.807) is 30.1 Å². The molecule has 1 aliphatic heterocycles. The second kappa shape index (κ2) is 10.1. The van der Waals surface area contributed by atoms with Crippen molar-refractivity contribution in [2.24, 2.45) is 10.9 Å². The quantitative estimate of drug-likeness (QED) is 0.553. The van der Waals surface area contributed by atoms with Gasteiger partial charge in [-0.1, -0.05) is 25.3 Å². The number of amides is 1. The van der Waals surface area contributed by atoms with E-state index < -0.39 is 0 Å². The molecule has 1 unspecified atom stereocenters. The van der Waals surface area contributed by atoms with Crippen LogP contribution >= 0.6 is 0 Å². The van der Waals surface area contributed by atoms with Crippen molar-refractivity contribution in [2.45, 2.75) is 58.0 Å². The van der Waals surface area contributed by atoms with Crippen LogP contribution < -0.4 is 10.6 Å². The highest BCUT2D eigenvalue weighted by molar-refractivity contribution is 5.81. The lowest BCUT2D eigenvalue weighted by molar-refractivity contribution is -0.135. The van der Waals surface area contributed by atoms with Gasteiger partial charge in [0, 0.05) is 51.0 Å². The standard InChI is InChI=1S/C24H33FN6O/c1-17-27-11-13-31(17)22-9-8-18(14-21(22)25)15-28-24(26-2)29-20-10-12-30(16-20)23(32)19-6-4-3-5-7-19/h8-9,11,13-14,19-20H,3-7,10,12,15-16H2,1-2H3,(H2,26,28,29). The van der Waals surface area contributed by atoms with E-state index in [1.165, 1.54) is 25.3 Å². The van der Waals surface area contributed by atoms with Crippen molar-refractivity contribution in [1.82, 2.24) is 25.1 Å². The van der Waals surface area contributed by atoms with E-state index in [-0.39, 0.29) is 17.8 Å². The molecular weight excluding hydrogens is 407 g/mol. The maximum Gasteiger partial charge on any atom is 0.225 e. The van der Waals surface area contributed by atoms with Gasteiger partial charge in [0.2, 0.25) is 5.91 Å². The molecule has 2 aliphatic rings. The molecule has 1 aromatic heterocycles. The number of carbonyl (C=O) groups is 1. The zero-order chi connectivity index (χ0) is 22.5. The fraction of sp³-hybridized carbons (Fsp3) is 0.542. The predicted molar refractivity (Wildman–Crippen MR) is 123 cm³/mol. The molecule has 1 aliphatic carbocycles. The maximum absolute atomic E-state index is 14.6. The van der Waals surface area contributed by atoms with E-state index in [2.05, 4.69) is 20.6 Å². The molecule has 1 amide bonds. The number of aliphatic imine (C=N–C) groups is 1. The molecule has 2 fully saturated rings. The van der Waals surface area contributed by atoms with Crippen molar-refractivity contribution in [3.63, 3.8) is 0 Å². The summed E-state index contributed by atoms with van der Waals surface area (Å²) in [6.45, 7) is 3.81. The summed E-state index contributed by atoms with van der Waals surface area (Å²) in [4.78, 5) is 23.3. The number of aromatic nitrogens is 2. The Labute approximate surface area is 189 Å². The first-order valence-electron chi connectivity index (χ1n) is 11.6. The van der Waals surface area contributed by atoms with E-state index in [9.17, 15) is 9.18 Å². The van der Waals surface area contributed by atoms with Gasteiger partial charge in [0.05, 0.1) is 5.69 Å². The first-order chi connectivity index (χ1) is 15.5. The van der Waals surface area contributed by atoms with Crippen molar-refractivity contribution in [2.75, 3.05) is 20.1 Å². The average Bonchev–Trinajstić information content (AvgIpc) is 3.46. The molecule has 32 heavy (non-hydrogen) atoms. The highest BCUT2D eigenvalue weighted by Crippen LogP contribution is 2.26. The van der Waals surface area contributed by atoms with Crippen molar-refractivity contribution in [1.29, 1.82) is 0 Å². The van der Waals surface area contributed by atoms with Crippen molar-refractivity contribution in [3.05, 3.63) is 47.8 Å². The van der Waals surface area contributed by atoms with Crippen molar-refractivity contribution < 1.29 is 9.18 Å². The van der Waals surface area contributed by atoms with Crippen LogP contribution in [0.2, 0.25) is 0 Å². The Hall–Kier alpha value is -2.90. The summed E-state index contributed by atoms with van der Waals surface area (Å²) in [6, 6.07) is 5.38. The molecule has 172 valence electrons. The minimum atomic E-state index is -0.291. The van der Waals surface area contributed by atoms with E-state index in [0.717, 1.165) is 37.2 Å². The normalized spacial score (nSPS) is 19.9. The summed E-state index contributed by atoms with van der Waals surface area (Å²) in [5.74, 6) is 1.65. The third-order valence-electron chi connectivity index (χ3n) is 6.58. The van der Waals surface area contributed by atoms with Gasteiger partial charge in [-0.25, -0.2) is 9.37 Å². The van der Waals surface area contributed by atoms with Crippen LogP contribution in [0.25, 0.3) is 5.69 Å². The number of benzene rings is 1. The van der Waals surface area contributed by atoms with Crippen LogP contribution in [-0.2, 0) is 11.3 Å². The van der Waals surface area contributed by atoms with Crippen molar-refractivity contribution in [3.8, 4) is 5.69 Å². The molecule has 1 saturated carbocycles. The van der Waals surface area contributed by atoms with Crippen LogP contribution in [0.3, 0.4) is 0 Å². The largest absolute Gasteiger partial charge is 0.352 e. The molecule has 4 rings (SSSR count). The number of imidazole rings is 1. The second-order valence-corrected chi connectivity index (χ2v) is 8.81. The summed E-state index contributed by atoms with van der Waals surface area (Å²) in [6.07, 6.45) is 9.99. The van der Waals surface area contributed by atoms with Crippen LogP contribution in [0.4, 0.5) is 4.39 Å². The fourth-order valence-corrected chi connectivity index (χ4v) is 4.75. The third-order valence-corrected chi connectivity index (χ3v) is 6.58. The summed E-state index contributed by atoms with van der Waals surface area (Å²) in [5.41, 5.74) is 1.31. The van der Waals surface area contributed by atoms with Gasteiger partial charge in [-0.05, 0) is 43.9 Å². The molecular formula is C24H33FN6O. The molecule has 2 aromatic rings.